The van der Waals surface area contributed by atoms with Crippen molar-refractivity contribution < 1.29 is 9.50 Å². The highest BCUT2D eigenvalue weighted by atomic mass is 19.1. The van der Waals surface area contributed by atoms with Gasteiger partial charge in [-0.3, -0.25) is 4.90 Å². The second-order valence-corrected chi connectivity index (χ2v) is 9.34. The monoisotopic (exact) mass is 386 g/mol. The van der Waals surface area contributed by atoms with Crippen LogP contribution in [0.1, 0.15) is 37.9 Å². The molecule has 0 saturated heterocycles. The van der Waals surface area contributed by atoms with E-state index in [2.05, 4.69) is 35.8 Å². The molecule has 0 amide bonds. The SMILES string of the molecule is CN(CC(O)CN1Cc2cnn(-c3ccc(F)cc3)c2CC(C)(C)C1)C1CC1. The second kappa shape index (κ2) is 7.58. The Labute approximate surface area is 166 Å². The molecule has 1 N–H and O–H groups in total. The highest BCUT2D eigenvalue weighted by Gasteiger charge is 2.32. The summed E-state index contributed by atoms with van der Waals surface area (Å²) in [7, 11) is 2.11. The van der Waals surface area contributed by atoms with Gasteiger partial charge in [0.25, 0.3) is 0 Å². The van der Waals surface area contributed by atoms with Crippen LogP contribution in [-0.2, 0) is 13.0 Å². The standard InChI is InChI=1S/C22H31FN4O/c1-22(2)10-21-16(11-24-27(21)19-6-4-17(23)5-7-19)12-26(15-22)14-20(28)13-25(3)18-8-9-18/h4-7,11,18,20,28H,8-10,12-15H2,1-3H3. The van der Waals surface area contributed by atoms with E-state index in [0.29, 0.717) is 12.6 Å². The van der Waals surface area contributed by atoms with E-state index in [-0.39, 0.29) is 17.3 Å². The molecule has 5 nitrogen and oxygen atoms in total. The van der Waals surface area contributed by atoms with Gasteiger partial charge in [0, 0.05) is 43.5 Å². The molecule has 28 heavy (non-hydrogen) atoms. The molecule has 4 rings (SSSR count). The second-order valence-electron chi connectivity index (χ2n) is 9.34. The Kier molecular flexibility index (Phi) is 5.29. The minimum Gasteiger partial charge on any atom is -0.390 e. The lowest BCUT2D eigenvalue weighted by molar-refractivity contribution is 0.0630. The summed E-state index contributed by atoms with van der Waals surface area (Å²) in [6.45, 7) is 7.63. The van der Waals surface area contributed by atoms with Crippen LogP contribution in [0.4, 0.5) is 4.39 Å². The maximum Gasteiger partial charge on any atom is 0.123 e. The molecule has 2 aromatic rings. The summed E-state index contributed by atoms with van der Waals surface area (Å²) in [5.74, 6) is -0.237. The first-order chi connectivity index (χ1) is 13.3. The molecule has 1 aromatic heterocycles. The number of β-amino-alcohol motifs (C(OH)–C–C–N with tert-alkyl or cyclic N) is 1. The largest absolute Gasteiger partial charge is 0.390 e. The fraction of sp³-hybridized carbons (Fsp3) is 0.591. The number of aliphatic hydroxyl groups is 1. The Morgan fingerprint density at radius 1 is 1.29 bits per heavy atom. The van der Waals surface area contributed by atoms with E-state index in [1.54, 1.807) is 12.1 Å². The summed E-state index contributed by atoms with van der Waals surface area (Å²) < 4.78 is 15.3. The Hall–Kier alpha value is -1.76. The van der Waals surface area contributed by atoms with Gasteiger partial charge >= 0.3 is 0 Å². The van der Waals surface area contributed by atoms with Gasteiger partial charge in [-0.1, -0.05) is 13.8 Å². The van der Waals surface area contributed by atoms with Gasteiger partial charge in [0.2, 0.25) is 0 Å². The highest BCUT2D eigenvalue weighted by Crippen LogP contribution is 2.32. The van der Waals surface area contributed by atoms with Gasteiger partial charge in [-0.25, -0.2) is 9.07 Å². The lowest BCUT2D eigenvalue weighted by Crippen LogP contribution is -2.42. The molecule has 0 spiro atoms. The van der Waals surface area contributed by atoms with Crippen LogP contribution in [0.3, 0.4) is 0 Å². The molecule has 1 saturated carbocycles. The molecule has 1 unspecified atom stereocenters. The van der Waals surface area contributed by atoms with Crippen molar-refractivity contribution in [3.05, 3.63) is 47.5 Å². The topological polar surface area (TPSA) is 44.5 Å². The summed E-state index contributed by atoms with van der Waals surface area (Å²) in [5.41, 5.74) is 3.32. The lowest BCUT2D eigenvalue weighted by atomic mass is 9.87. The molecule has 1 fully saturated rings. The smallest absolute Gasteiger partial charge is 0.123 e. The Morgan fingerprint density at radius 2 is 2.00 bits per heavy atom. The van der Waals surface area contributed by atoms with Crippen LogP contribution in [0, 0.1) is 11.2 Å². The molecular weight excluding hydrogens is 355 g/mol. The zero-order chi connectivity index (χ0) is 19.9. The van der Waals surface area contributed by atoms with Crippen molar-refractivity contribution in [1.82, 2.24) is 19.6 Å². The minimum atomic E-state index is -0.352. The molecule has 2 aliphatic rings. The molecule has 152 valence electrons. The van der Waals surface area contributed by atoms with Gasteiger partial charge in [0.15, 0.2) is 0 Å². The number of aromatic nitrogens is 2. The average molecular weight is 387 g/mol. The Bertz CT molecular complexity index is 812. The first-order valence-corrected chi connectivity index (χ1v) is 10.2. The van der Waals surface area contributed by atoms with E-state index in [1.807, 2.05) is 10.9 Å². The molecule has 0 radical (unpaired) electrons. The predicted octanol–water partition coefficient (Wildman–Crippen LogP) is 2.85. The number of rotatable bonds is 6. The predicted molar refractivity (Wildman–Crippen MR) is 108 cm³/mol. The Balaban J connectivity index is 1.52. The quantitative estimate of drug-likeness (QED) is 0.829. The van der Waals surface area contributed by atoms with Gasteiger partial charge in [-0.15, -0.1) is 0 Å². The minimum absolute atomic E-state index is 0.0607. The number of halogens is 1. The first-order valence-electron chi connectivity index (χ1n) is 10.2. The summed E-state index contributed by atoms with van der Waals surface area (Å²) in [5, 5.41) is 15.2. The third kappa shape index (κ3) is 4.45. The van der Waals surface area contributed by atoms with E-state index in [0.717, 1.165) is 31.7 Å². The summed E-state index contributed by atoms with van der Waals surface area (Å²) in [6, 6.07) is 7.16. The van der Waals surface area contributed by atoms with Crippen LogP contribution in [0.15, 0.2) is 30.5 Å². The molecule has 0 bridgehead atoms. The number of hydrogen-bond acceptors (Lipinski definition) is 4. The summed E-state index contributed by atoms with van der Waals surface area (Å²) in [6.07, 6.45) is 4.98. The zero-order valence-corrected chi connectivity index (χ0v) is 17.1. The van der Waals surface area contributed by atoms with Crippen molar-refractivity contribution in [2.75, 3.05) is 26.7 Å². The maximum atomic E-state index is 13.3. The number of likely N-dealkylation sites (N-methyl/N-ethyl adjacent to an activating group) is 1. The first kappa shape index (κ1) is 19.6. The fourth-order valence-electron chi connectivity index (χ4n) is 4.43. The molecule has 1 aliphatic carbocycles. The normalized spacial score (nSPS) is 20.8. The average Bonchev–Trinajstić information content (AvgIpc) is 3.41. The van der Waals surface area contributed by atoms with Crippen LogP contribution in [0.5, 0.6) is 0 Å². The van der Waals surface area contributed by atoms with Gasteiger partial charge in [0.1, 0.15) is 5.82 Å². The highest BCUT2D eigenvalue weighted by molar-refractivity contribution is 5.36. The van der Waals surface area contributed by atoms with Crippen LogP contribution in [-0.4, -0.2) is 63.5 Å². The number of fused-ring (bicyclic) bond motifs is 1. The van der Waals surface area contributed by atoms with E-state index in [9.17, 15) is 9.50 Å². The van der Waals surface area contributed by atoms with E-state index >= 15 is 0 Å². The Morgan fingerprint density at radius 3 is 2.68 bits per heavy atom. The lowest BCUT2D eigenvalue weighted by Gasteiger charge is -2.32. The van der Waals surface area contributed by atoms with Crippen LogP contribution >= 0.6 is 0 Å². The zero-order valence-electron chi connectivity index (χ0n) is 17.1. The van der Waals surface area contributed by atoms with Crippen molar-refractivity contribution in [3.8, 4) is 5.69 Å². The van der Waals surface area contributed by atoms with Crippen LogP contribution in [0.2, 0.25) is 0 Å². The molecular formula is C22H31FN4O. The third-order valence-corrected chi connectivity index (χ3v) is 5.86. The number of benzene rings is 1. The molecule has 1 aromatic carbocycles. The molecule has 2 heterocycles. The fourth-order valence-corrected chi connectivity index (χ4v) is 4.43. The van der Waals surface area contributed by atoms with E-state index < -0.39 is 0 Å². The number of hydrogen-bond donors (Lipinski definition) is 1. The van der Waals surface area contributed by atoms with Crippen molar-refractivity contribution in [1.29, 1.82) is 0 Å². The molecule has 1 aliphatic heterocycles. The van der Waals surface area contributed by atoms with Crippen molar-refractivity contribution in [3.63, 3.8) is 0 Å². The van der Waals surface area contributed by atoms with Crippen molar-refractivity contribution in [2.24, 2.45) is 5.41 Å². The van der Waals surface area contributed by atoms with Crippen molar-refractivity contribution in [2.45, 2.75) is 51.8 Å². The van der Waals surface area contributed by atoms with E-state index in [1.165, 1.54) is 36.2 Å². The van der Waals surface area contributed by atoms with Gasteiger partial charge < -0.3 is 10.0 Å². The van der Waals surface area contributed by atoms with Gasteiger partial charge in [-0.05, 0) is 56.0 Å². The van der Waals surface area contributed by atoms with Crippen LogP contribution in [0.25, 0.3) is 5.69 Å². The maximum absolute atomic E-state index is 13.3. The number of nitrogens with zero attached hydrogens (tertiary/aromatic N) is 4. The summed E-state index contributed by atoms with van der Waals surface area (Å²) in [4.78, 5) is 4.64. The third-order valence-electron chi connectivity index (χ3n) is 5.86. The molecule has 6 heteroatoms. The van der Waals surface area contributed by atoms with Crippen molar-refractivity contribution >= 4 is 0 Å². The van der Waals surface area contributed by atoms with Gasteiger partial charge in [0.05, 0.1) is 18.0 Å². The van der Waals surface area contributed by atoms with Crippen LogP contribution < -0.4 is 0 Å². The van der Waals surface area contributed by atoms with Gasteiger partial charge in [-0.2, -0.15) is 5.10 Å². The summed E-state index contributed by atoms with van der Waals surface area (Å²) >= 11 is 0. The van der Waals surface area contributed by atoms with E-state index in [4.69, 9.17) is 0 Å². The molecule has 1 atom stereocenters. The number of aliphatic hydroxyl groups excluding tert-OH is 1.